The molecule has 6 heteroatoms. The van der Waals surface area contributed by atoms with Gasteiger partial charge >= 0.3 is 5.97 Å². The molecule has 0 spiro atoms. The van der Waals surface area contributed by atoms with Crippen LogP contribution < -0.4 is 10.1 Å². The molecule has 0 aromatic heterocycles. The molecule has 0 radical (unpaired) electrons. The van der Waals surface area contributed by atoms with Crippen molar-refractivity contribution in [1.29, 1.82) is 0 Å². The van der Waals surface area contributed by atoms with Gasteiger partial charge in [0.15, 0.2) is 12.7 Å². The summed E-state index contributed by atoms with van der Waals surface area (Å²) in [6.07, 6.45) is -0.924. The number of amides is 1. The fourth-order valence-corrected chi connectivity index (χ4v) is 2.47. The summed E-state index contributed by atoms with van der Waals surface area (Å²) in [6, 6.07) is 12.8. The summed E-state index contributed by atoms with van der Waals surface area (Å²) < 4.78 is 10.6. The Balaban J connectivity index is 1.79. The number of aryl methyl sites for hydroxylation is 1. The molecule has 0 saturated carbocycles. The molecular weight excluding hydrogens is 354 g/mol. The van der Waals surface area contributed by atoms with Crippen molar-refractivity contribution in [3.05, 3.63) is 64.2 Å². The zero-order valence-corrected chi connectivity index (χ0v) is 15.8. The summed E-state index contributed by atoms with van der Waals surface area (Å²) in [5.41, 5.74) is 2.83. The van der Waals surface area contributed by atoms with Gasteiger partial charge in [-0.15, -0.1) is 0 Å². The first-order valence-electron chi connectivity index (χ1n) is 8.28. The van der Waals surface area contributed by atoms with Crippen LogP contribution in [-0.2, 0) is 20.9 Å². The first-order valence-corrected chi connectivity index (χ1v) is 8.66. The summed E-state index contributed by atoms with van der Waals surface area (Å²) in [7, 11) is 0. The standard InChI is InChI=1S/C20H22ClNO4/c1-13-7-6-10-18(14(13)2)25-12-19(23)26-15(3)20(24)22-11-16-8-4-5-9-17(16)21/h4-10,15H,11-12H2,1-3H3,(H,22,24)/t15-/m0/s1. The lowest BCUT2D eigenvalue weighted by Crippen LogP contribution is -2.36. The predicted octanol–water partition coefficient (Wildman–Crippen LogP) is 3.58. The Morgan fingerprint density at radius 3 is 2.58 bits per heavy atom. The Morgan fingerprint density at radius 1 is 1.12 bits per heavy atom. The van der Waals surface area contributed by atoms with E-state index in [2.05, 4.69) is 5.32 Å². The van der Waals surface area contributed by atoms with Gasteiger partial charge in [0.1, 0.15) is 5.75 Å². The summed E-state index contributed by atoms with van der Waals surface area (Å²) in [5.74, 6) is -0.380. The molecule has 0 fully saturated rings. The van der Waals surface area contributed by atoms with Crippen LogP contribution in [0.3, 0.4) is 0 Å². The van der Waals surface area contributed by atoms with Gasteiger partial charge in [-0.25, -0.2) is 4.79 Å². The van der Waals surface area contributed by atoms with E-state index in [0.29, 0.717) is 10.8 Å². The van der Waals surface area contributed by atoms with E-state index in [-0.39, 0.29) is 13.2 Å². The monoisotopic (exact) mass is 375 g/mol. The van der Waals surface area contributed by atoms with Crippen molar-refractivity contribution in [2.24, 2.45) is 0 Å². The summed E-state index contributed by atoms with van der Waals surface area (Å²) in [5, 5.41) is 3.26. The number of ether oxygens (including phenoxy) is 2. The van der Waals surface area contributed by atoms with E-state index in [4.69, 9.17) is 21.1 Å². The molecule has 0 bridgehead atoms. The minimum atomic E-state index is -0.924. The first-order chi connectivity index (χ1) is 12.4. The second-order valence-corrected chi connectivity index (χ2v) is 6.34. The maximum atomic E-state index is 12.1. The zero-order valence-electron chi connectivity index (χ0n) is 15.0. The highest BCUT2D eigenvalue weighted by Crippen LogP contribution is 2.20. The number of carbonyl (C=O) groups excluding carboxylic acids is 2. The van der Waals surface area contributed by atoms with E-state index in [9.17, 15) is 9.59 Å². The smallest absolute Gasteiger partial charge is 0.344 e. The highest BCUT2D eigenvalue weighted by Gasteiger charge is 2.18. The van der Waals surface area contributed by atoms with E-state index >= 15 is 0 Å². The average Bonchev–Trinajstić information content (AvgIpc) is 2.62. The van der Waals surface area contributed by atoms with Crippen molar-refractivity contribution in [2.75, 3.05) is 6.61 Å². The van der Waals surface area contributed by atoms with Crippen LogP contribution in [0.1, 0.15) is 23.6 Å². The largest absolute Gasteiger partial charge is 0.482 e. The number of hydrogen-bond donors (Lipinski definition) is 1. The van der Waals surface area contributed by atoms with Crippen LogP contribution >= 0.6 is 11.6 Å². The molecule has 2 aromatic rings. The van der Waals surface area contributed by atoms with Crippen LogP contribution in [0.2, 0.25) is 5.02 Å². The second kappa shape index (κ2) is 9.25. The number of carbonyl (C=O) groups is 2. The lowest BCUT2D eigenvalue weighted by molar-refractivity contribution is -0.156. The van der Waals surface area contributed by atoms with Crippen molar-refractivity contribution in [2.45, 2.75) is 33.4 Å². The van der Waals surface area contributed by atoms with E-state index in [1.807, 2.05) is 44.2 Å². The molecule has 2 rings (SSSR count). The molecule has 1 amide bonds. The first kappa shape index (κ1) is 19.8. The Morgan fingerprint density at radius 2 is 1.85 bits per heavy atom. The number of rotatable bonds is 7. The fourth-order valence-electron chi connectivity index (χ4n) is 2.27. The van der Waals surface area contributed by atoms with Crippen LogP contribution in [0.15, 0.2) is 42.5 Å². The van der Waals surface area contributed by atoms with E-state index < -0.39 is 18.0 Å². The maximum absolute atomic E-state index is 12.1. The van der Waals surface area contributed by atoms with Crippen molar-refractivity contribution < 1.29 is 19.1 Å². The van der Waals surface area contributed by atoms with Crippen LogP contribution in [0.5, 0.6) is 5.75 Å². The van der Waals surface area contributed by atoms with Gasteiger partial charge in [-0.2, -0.15) is 0 Å². The average molecular weight is 376 g/mol. The Bertz CT molecular complexity index is 791. The molecule has 2 aromatic carbocycles. The predicted molar refractivity (Wildman–Crippen MR) is 100 cm³/mol. The summed E-state index contributed by atoms with van der Waals surface area (Å²) in [6.45, 7) is 5.40. The van der Waals surface area contributed by atoms with E-state index in [1.54, 1.807) is 12.1 Å². The van der Waals surface area contributed by atoms with Crippen LogP contribution in [0.4, 0.5) is 0 Å². The maximum Gasteiger partial charge on any atom is 0.344 e. The quantitative estimate of drug-likeness (QED) is 0.751. The second-order valence-electron chi connectivity index (χ2n) is 5.93. The number of esters is 1. The lowest BCUT2D eigenvalue weighted by Gasteiger charge is -2.15. The molecule has 1 N–H and O–H groups in total. The van der Waals surface area contributed by atoms with Gasteiger partial charge in [-0.05, 0) is 49.6 Å². The zero-order chi connectivity index (χ0) is 19.1. The third-order valence-corrected chi connectivity index (χ3v) is 4.36. The van der Waals surface area contributed by atoms with E-state index in [1.165, 1.54) is 6.92 Å². The van der Waals surface area contributed by atoms with E-state index in [0.717, 1.165) is 16.7 Å². The minimum absolute atomic E-state index is 0.258. The fraction of sp³-hybridized carbons (Fsp3) is 0.300. The molecule has 0 aliphatic rings. The summed E-state index contributed by atoms with van der Waals surface area (Å²) in [4.78, 5) is 24.0. The van der Waals surface area contributed by atoms with Crippen LogP contribution in [-0.4, -0.2) is 24.6 Å². The Kier molecular flexibility index (Phi) is 7.04. The van der Waals surface area contributed by atoms with Gasteiger partial charge in [-0.1, -0.05) is 41.9 Å². The van der Waals surface area contributed by atoms with Gasteiger partial charge in [0.25, 0.3) is 5.91 Å². The van der Waals surface area contributed by atoms with Crippen molar-refractivity contribution >= 4 is 23.5 Å². The Hall–Kier alpha value is -2.53. The normalized spacial score (nSPS) is 11.5. The molecule has 138 valence electrons. The highest BCUT2D eigenvalue weighted by molar-refractivity contribution is 6.31. The number of benzene rings is 2. The molecule has 26 heavy (non-hydrogen) atoms. The molecule has 5 nitrogen and oxygen atoms in total. The topological polar surface area (TPSA) is 64.6 Å². The third-order valence-electron chi connectivity index (χ3n) is 3.99. The minimum Gasteiger partial charge on any atom is -0.482 e. The molecule has 1 atom stereocenters. The number of nitrogens with one attached hydrogen (secondary N) is 1. The van der Waals surface area contributed by atoms with Gasteiger partial charge in [-0.3, -0.25) is 4.79 Å². The molecular formula is C20H22ClNO4. The molecule has 0 heterocycles. The Labute approximate surface area is 158 Å². The molecule has 0 saturated heterocycles. The third kappa shape index (κ3) is 5.49. The molecule has 0 aliphatic heterocycles. The SMILES string of the molecule is Cc1cccc(OCC(=O)O[C@@H](C)C(=O)NCc2ccccc2Cl)c1C. The lowest BCUT2D eigenvalue weighted by atomic mass is 10.1. The van der Waals surface area contributed by atoms with Gasteiger partial charge < -0.3 is 14.8 Å². The summed E-state index contributed by atoms with van der Waals surface area (Å²) >= 11 is 6.04. The van der Waals surface area contributed by atoms with Gasteiger partial charge in [0.05, 0.1) is 0 Å². The molecule has 0 unspecified atom stereocenters. The van der Waals surface area contributed by atoms with Crippen molar-refractivity contribution in [3.63, 3.8) is 0 Å². The van der Waals surface area contributed by atoms with Crippen LogP contribution in [0.25, 0.3) is 0 Å². The highest BCUT2D eigenvalue weighted by atomic mass is 35.5. The van der Waals surface area contributed by atoms with Gasteiger partial charge in [0, 0.05) is 11.6 Å². The molecule has 0 aliphatic carbocycles. The van der Waals surface area contributed by atoms with Gasteiger partial charge in [0.2, 0.25) is 0 Å². The number of halogens is 1. The van der Waals surface area contributed by atoms with Crippen LogP contribution in [0, 0.1) is 13.8 Å². The number of hydrogen-bond acceptors (Lipinski definition) is 4. The van der Waals surface area contributed by atoms with Crippen molar-refractivity contribution in [1.82, 2.24) is 5.32 Å². The van der Waals surface area contributed by atoms with Crippen molar-refractivity contribution in [3.8, 4) is 5.75 Å².